The predicted molar refractivity (Wildman–Crippen MR) is 117 cm³/mol. The molecule has 1 aromatic heterocycles. The van der Waals surface area contributed by atoms with E-state index in [0.29, 0.717) is 0 Å². The van der Waals surface area contributed by atoms with Crippen molar-refractivity contribution >= 4 is 0 Å². The maximum absolute atomic E-state index is 6.05. The molecule has 1 aromatic carbocycles. The molecule has 0 atom stereocenters. The molecule has 2 aromatic rings. The number of benzene rings is 1. The normalized spacial score (nSPS) is 19.5. The summed E-state index contributed by atoms with van der Waals surface area (Å²) in [6.45, 7) is 5.40. The Morgan fingerprint density at radius 2 is 1.54 bits per heavy atom. The Kier molecular flexibility index (Phi) is 8.32. The highest BCUT2D eigenvalue weighted by atomic mass is 16.5. The zero-order chi connectivity index (χ0) is 19.6. The van der Waals surface area contributed by atoms with Crippen LogP contribution in [-0.4, -0.2) is 16.6 Å². The second kappa shape index (κ2) is 11.2. The van der Waals surface area contributed by atoms with Gasteiger partial charge in [0.15, 0.2) is 5.82 Å². The minimum absolute atomic E-state index is 0.718. The molecule has 0 aliphatic heterocycles. The van der Waals surface area contributed by atoms with Crippen LogP contribution in [0, 0.1) is 11.8 Å². The van der Waals surface area contributed by atoms with Gasteiger partial charge in [-0.2, -0.15) is 0 Å². The molecule has 0 saturated heterocycles. The summed E-state index contributed by atoms with van der Waals surface area (Å²) in [6, 6.07) is 8.24. The van der Waals surface area contributed by atoms with Gasteiger partial charge in [-0.25, -0.2) is 9.97 Å². The van der Waals surface area contributed by atoms with E-state index in [4.69, 9.17) is 4.74 Å². The van der Waals surface area contributed by atoms with Crippen LogP contribution in [0.2, 0.25) is 0 Å². The van der Waals surface area contributed by atoms with Gasteiger partial charge in [-0.3, -0.25) is 0 Å². The number of hydrogen-bond donors (Lipinski definition) is 0. The maximum atomic E-state index is 6.05. The standard InChI is InChI=1S/C25H36N2O/c1-3-5-6-7-8-22-17-26-25(27-18-22)23-13-15-24(16-14-23)28-19-21-11-9-20(4-2)10-12-21/h13-18,20-21H,3-12,19H2,1-2H3. The highest BCUT2D eigenvalue weighted by molar-refractivity contribution is 5.55. The zero-order valence-corrected chi connectivity index (χ0v) is 17.7. The van der Waals surface area contributed by atoms with Crippen LogP contribution in [0.1, 0.15) is 77.2 Å². The molecule has 0 N–H and O–H groups in total. The van der Waals surface area contributed by atoms with Gasteiger partial charge in [-0.05, 0) is 67.3 Å². The van der Waals surface area contributed by atoms with Gasteiger partial charge >= 0.3 is 0 Å². The average Bonchev–Trinajstić information content (AvgIpc) is 2.76. The van der Waals surface area contributed by atoms with Crippen molar-refractivity contribution in [2.24, 2.45) is 11.8 Å². The van der Waals surface area contributed by atoms with E-state index in [1.54, 1.807) is 0 Å². The van der Waals surface area contributed by atoms with Crippen LogP contribution in [0.5, 0.6) is 5.75 Å². The monoisotopic (exact) mass is 380 g/mol. The first-order valence-electron chi connectivity index (χ1n) is 11.3. The van der Waals surface area contributed by atoms with E-state index < -0.39 is 0 Å². The predicted octanol–water partition coefficient (Wildman–Crippen LogP) is 6.86. The summed E-state index contributed by atoms with van der Waals surface area (Å²) in [7, 11) is 0. The number of rotatable bonds is 10. The third-order valence-electron chi connectivity index (χ3n) is 6.17. The quantitative estimate of drug-likeness (QED) is 0.422. The number of unbranched alkanes of at least 4 members (excludes halogenated alkanes) is 3. The van der Waals surface area contributed by atoms with Crippen LogP contribution in [0.25, 0.3) is 11.4 Å². The summed E-state index contributed by atoms with van der Waals surface area (Å²) >= 11 is 0. The summed E-state index contributed by atoms with van der Waals surface area (Å²) in [4.78, 5) is 9.12. The number of hydrogen-bond acceptors (Lipinski definition) is 3. The molecule has 152 valence electrons. The molecule has 1 fully saturated rings. The molecule has 1 saturated carbocycles. The van der Waals surface area contributed by atoms with Crippen molar-refractivity contribution in [2.45, 2.75) is 78.1 Å². The fourth-order valence-electron chi connectivity index (χ4n) is 4.11. The Morgan fingerprint density at radius 3 is 2.18 bits per heavy atom. The van der Waals surface area contributed by atoms with E-state index in [1.165, 1.54) is 63.4 Å². The smallest absolute Gasteiger partial charge is 0.159 e. The van der Waals surface area contributed by atoms with Gasteiger partial charge in [0.2, 0.25) is 0 Å². The summed E-state index contributed by atoms with van der Waals surface area (Å²) in [5, 5.41) is 0. The molecule has 0 bridgehead atoms. The van der Waals surface area contributed by atoms with Gasteiger partial charge < -0.3 is 4.74 Å². The lowest BCUT2D eigenvalue weighted by Crippen LogP contribution is -2.19. The fourth-order valence-corrected chi connectivity index (χ4v) is 4.11. The van der Waals surface area contributed by atoms with E-state index in [9.17, 15) is 0 Å². The Bertz CT molecular complexity index is 673. The Balaban J connectivity index is 1.46. The molecule has 0 amide bonds. The van der Waals surface area contributed by atoms with Crippen molar-refractivity contribution in [3.63, 3.8) is 0 Å². The van der Waals surface area contributed by atoms with Crippen LogP contribution >= 0.6 is 0 Å². The summed E-state index contributed by atoms with van der Waals surface area (Å²) in [6.07, 6.45) is 16.8. The molecule has 1 heterocycles. The molecule has 0 radical (unpaired) electrons. The van der Waals surface area contributed by atoms with Crippen molar-refractivity contribution in [2.75, 3.05) is 6.61 Å². The second-order valence-electron chi connectivity index (χ2n) is 8.36. The first-order valence-corrected chi connectivity index (χ1v) is 11.3. The molecular formula is C25H36N2O. The molecule has 1 aliphatic carbocycles. The van der Waals surface area contributed by atoms with Crippen molar-refractivity contribution in [3.8, 4) is 17.1 Å². The van der Waals surface area contributed by atoms with E-state index in [0.717, 1.165) is 42.0 Å². The van der Waals surface area contributed by atoms with Crippen molar-refractivity contribution in [1.29, 1.82) is 0 Å². The third kappa shape index (κ3) is 6.32. The molecule has 3 heteroatoms. The van der Waals surface area contributed by atoms with Crippen LogP contribution in [0.15, 0.2) is 36.7 Å². The summed E-state index contributed by atoms with van der Waals surface area (Å²) in [5.74, 6) is 3.41. The summed E-state index contributed by atoms with van der Waals surface area (Å²) in [5.41, 5.74) is 2.28. The largest absolute Gasteiger partial charge is 0.493 e. The topological polar surface area (TPSA) is 35.0 Å². The Morgan fingerprint density at radius 1 is 0.857 bits per heavy atom. The van der Waals surface area contributed by atoms with Gasteiger partial charge in [-0.1, -0.05) is 52.4 Å². The molecule has 1 aliphatic rings. The Hall–Kier alpha value is -1.90. The Labute approximate surface area is 171 Å². The average molecular weight is 381 g/mol. The van der Waals surface area contributed by atoms with Gasteiger partial charge in [0.1, 0.15) is 5.75 Å². The molecule has 0 unspecified atom stereocenters. The van der Waals surface area contributed by atoms with Crippen LogP contribution < -0.4 is 4.74 Å². The lowest BCUT2D eigenvalue weighted by atomic mass is 9.81. The van der Waals surface area contributed by atoms with Crippen molar-refractivity contribution in [1.82, 2.24) is 9.97 Å². The van der Waals surface area contributed by atoms with Crippen LogP contribution in [0.4, 0.5) is 0 Å². The van der Waals surface area contributed by atoms with Gasteiger partial charge in [0, 0.05) is 18.0 Å². The van der Waals surface area contributed by atoms with E-state index in [2.05, 4.69) is 48.1 Å². The first kappa shape index (κ1) is 20.8. The minimum Gasteiger partial charge on any atom is -0.493 e. The number of aromatic nitrogens is 2. The van der Waals surface area contributed by atoms with E-state index in [1.807, 2.05) is 12.4 Å². The lowest BCUT2D eigenvalue weighted by molar-refractivity contribution is 0.181. The molecule has 0 spiro atoms. The van der Waals surface area contributed by atoms with Crippen molar-refractivity contribution < 1.29 is 4.74 Å². The molecule has 3 rings (SSSR count). The van der Waals surface area contributed by atoms with Gasteiger partial charge in [0.25, 0.3) is 0 Å². The van der Waals surface area contributed by atoms with Crippen LogP contribution in [-0.2, 0) is 6.42 Å². The molecule has 28 heavy (non-hydrogen) atoms. The maximum Gasteiger partial charge on any atom is 0.159 e. The summed E-state index contributed by atoms with van der Waals surface area (Å²) < 4.78 is 6.05. The number of nitrogens with zero attached hydrogens (tertiary/aromatic N) is 2. The van der Waals surface area contributed by atoms with Crippen LogP contribution in [0.3, 0.4) is 0 Å². The van der Waals surface area contributed by atoms with Gasteiger partial charge in [0.05, 0.1) is 6.61 Å². The zero-order valence-electron chi connectivity index (χ0n) is 17.7. The van der Waals surface area contributed by atoms with E-state index >= 15 is 0 Å². The SMILES string of the molecule is CCCCCCc1cnc(-c2ccc(OCC3CCC(CC)CC3)cc2)nc1. The van der Waals surface area contributed by atoms with Crippen molar-refractivity contribution in [3.05, 3.63) is 42.2 Å². The lowest BCUT2D eigenvalue weighted by Gasteiger charge is -2.27. The minimum atomic E-state index is 0.718. The first-order chi connectivity index (χ1) is 13.8. The van der Waals surface area contributed by atoms with Gasteiger partial charge in [-0.15, -0.1) is 0 Å². The molecule has 3 nitrogen and oxygen atoms in total. The molecular weight excluding hydrogens is 344 g/mol. The third-order valence-corrected chi connectivity index (χ3v) is 6.17. The second-order valence-corrected chi connectivity index (χ2v) is 8.36. The highest BCUT2D eigenvalue weighted by Gasteiger charge is 2.20. The highest BCUT2D eigenvalue weighted by Crippen LogP contribution is 2.31. The number of aryl methyl sites for hydroxylation is 1. The van der Waals surface area contributed by atoms with E-state index in [-0.39, 0.29) is 0 Å². The number of ether oxygens (including phenoxy) is 1. The fraction of sp³-hybridized carbons (Fsp3) is 0.600.